The molecule has 0 aliphatic heterocycles. The predicted molar refractivity (Wildman–Crippen MR) is 78.3 cm³/mol. The van der Waals surface area contributed by atoms with Gasteiger partial charge >= 0.3 is 5.97 Å². The Morgan fingerprint density at radius 3 is 2.38 bits per heavy atom. The van der Waals surface area contributed by atoms with Gasteiger partial charge in [0, 0.05) is 5.56 Å². The van der Waals surface area contributed by atoms with E-state index in [0.717, 1.165) is 5.56 Å². The van der Waals surface area contributed by atoms with Crippen molar-refractivity contribution in [3.63, 3.8) is 0 Å². The second-order valence-corrected chi connectivity index (χ2v) is 4.15. The Labute approximate surface area is 122 Å². The highest BCUT2D eigenvalue weighted by atomic mass is 16.5. The minimum absolute atomic E-state index is 0.211. The molecule has 0 amide bonds. The molecule has 0 aliphatic rings. The van der Waals surface area contributed by atoms with Crippen molar-refractivity contribution in [1.82, 2.24) is 0 Å². The van der Waals surface area contributed by atoms with Crippen molar-refractivity contribution in [1.29, 1.82) is 0 Å². The first-order valence-electron chi connectivity index (χ1n) is 6.28. The fourth-order valence-corrected chi connectivity index (χ4v) is 1.61. The van der Waals surface area contributed by atoms with E-state index in [1.54, 1.807) is 48.5 Å². The van der Waals surface area contributed by atoms with E-state index in [9.17, 15) is 4.79 Å². The first-order chi connectivity index (χ1) is 10.2. The highest BCUT2D eigenvalue weighted by Gasteiger charge is 2.04. The van der Waals surface area contributed by atoms with E-state index in [-0.39, 0.29) is 18.3 Å². The minimum Gasteiger partial charge on any atom is -0.508 e. The van der Waals surface area contributed by atoms with Crippen LogP contribution in [-0.4, -0.2) is 24.8 Å². The maximum atomic E-state index is 11.3. The number of benzene rings is 2. The molecule has 0 unspecified atom stereocenters. The minimum atomic E-state index is -0.381. The third-order valence-electron chi connectivity index (χ3n) is 2.69. The van der Waals surface area contributed by atoms with E-state index in [1.807, 2.05) is 0 Å². The van der Waals surface area contributed by atoms with Crippen LogP contribution in [0.1, 0.15) is 15.9 Å². The zero-order chi connectivity index (χ0) is 15.1. The van der Waals surface area contributed by atoms with Gasteiger partial charge < -0.3 is 14.6 Å². The highest BCUT2D eigenvalue weighted by Crippen LogP contribution is 2.12. The molecular weight excluding hydrogens is 268 g/mol. The molecule has 0 atom stereocenters. The van der Waals surface area contributed by atoms with Gasteiger partial charge in [0.2, 0.25) is 0 Å². The van der Waals surface area contributed by atoms with Crippen LogP contribution in [0, 0.1) is 11.8 Å². The Morgan fingerprint density at radius 1 is 1.10 bits per heavy atom. The molecule has 4 heteroatoms. The molecule has 0 fully saturated rings. The third-order valence-corrected chi connectivity index (χ3v) is 2.69. The molecule has 1 N–H and O–H groups in total. The largest absolute Gasteiger partial charge is 0.508 e. The van der Waals surface area contributed by atoms with Crippen molar-refractivity contribution < 1.29 is 19.4 Å². The molecule has 4 nitrogen and oxygen atoms in total. The van der Waals surface area contributed by atoms with Crippen molar-refractivity contribution in [3.05, 3.63) is 59.7 Å². The number of esters is 1. The summed E-state index contributed by atoms with van der Waals surface area (Å²) in [5, 5.41) is 9.15. The van der Waals surface area contributed by atoms with Gasteiger partial charge in [-0.25, -0.2) is 4.79 Å². The van der Waals surface area contributed by atoms with Crippen molar-refractivity contribution in [2.75, 3.05) is 13.7 Å². The fourth-order valence-electron chi connectivity index (χ4n) is 1.61. The molecule has 0 bridgehead atoms. The van der Waals surface area contributed by atoms with Gasteiger partial charge in [0.25, 0.3) is 0 Å². The van der Waals surface area contributed by atoms with E-state index in [1.165, 1.54) is 7.11 Å². The molecular formula is C17H14O4. The summed E-state index contributed by atoms with van der Waals surface area (Å²) in [7, 11) is 1.34. The summed E-state index contributed by atoms with van der Waals surface area (Å²) in [5.74, 6) is 6.25. The number of hydrogen-bond acceptors (Lipinski definition) is 4. The average molecular weight is 282 g/mol. The van der Waals surface area contributed by atoms with Crippen LogP contribution in [0.2, 0.25) is 0 Å². The lowest BCUT2D eigenvalue weighted by atomic mass is 10.2. The van der Waals surface area contributed by atoms with Gasteiger partial charge in [-0.15, -0.1) is 0 Å². The lowest BCUT2D eigenvalue weighted by Gasteiger charge is -2.03. The number of rotatable bonds is 3. The standard InChI is InChI=1S/C17H14O4/c1-20-17(19)14-6-10-16(11-7-14)21-12-2-3-13-4-8-15(18)9-5-13/h4-11,18H,12H2,1H3. The van der Waals surface area contributed by atoms with Crippen molar-refractivity contribution in [2.24, 2.45) is 0 Å². The van der Waals surface area contributed by atoms with Crippen LogP contribution < -0.4 is 4.74 Å². The van der Waals surface area contributed by atoms with Gasteiger partial charge in [0.05, 0.1) is 12.7 Å². The monoisotopic (exact) mass is 282 g/mol. The Kier molecular flexibility index (Phi) is 4.84. The van der Waals surface area contributed by atoms with Crippen LogP contribution >= 0.6 is 0 Å². The number of ether oxygens (including phenoxy) is 2. The Bertz CT molecular complexity index is 661. The van der Waals surface area contributed by atoms with Crippen LogP contribution in [0.5, 0.6) is 11.5 Å². The second kappa shape index (κ2) is 7.01. The summed E-state index contributed by atoms with van der Waals surface area (Å²) in [6.45, 7) is 0.235. The highest BCUT2D eigenvalue weighted by molar-refractivity contribution is 5.89. The molecule has 0 saturated heterocycles. The summed E-state index contributed by atoms with van der Waals surface area (Å²) in [6.07, 6.45) is 0. The smallest absolute Gasteiger partial charge is 0.337 e. The number of phenolic OH excluding ortho intramolecular Hbond substituents is 1. The summed E-state index contributed by atoms with van der Waals surface area (Å²) in [5.41, 5.74) is 1.28. The molecule has 2 rings (SSSR count). The van der Waals surface area contributed by atoms with Crippen LogP contribution in [0.15, 0.2) is 48.5 Å². The fraction of sp³-hybridized carbons (Fsp3) is 0.118. The maximum absolute atomic E-state index is 11.3. The summed E-state index contributed by atoms with van der Waals surface area (Å²) in [4.78, 5) is 11.3. The van der Waals surface area contributed by atoms with Crippen molar-refractivity contribution in [3.8, 4) is 23.3 Å². The molecule has 21 heavy (non-hydrogen) atoms. The van der Waals surface area contributed by atoms with Gasteiger partial charge in [-0.1, -0.05) is 11.8 Å². The number of aromatic hydroxyl groups is 1. The molecule has 0 saturated carbocycles. The molecule has 0 radical (unpaired) electrons. The van der Waals surface area contributed by atoms with Gasteiger partial charge in [0.15, 0.2) is 0 Å². The molecule has 0 aromatic heterocycles. The van der Waals surface area contributed by atoms with Gasteiger partial charge in [-0.3, -0.25) is 0 Å². The first-order valence-corrected chi connectivity index (χ1v) is 6.28. The van der Waals surface area contributed by atoms with E-state index in [0.29, 0.717) is 11.3 Å². The van der Waals surface area contributed by atoms with Gasteiger partial charge in [-0.05, 0) is 48.5 Å². The molecule has 2 aromatic carbocycles. The van der Waals surface area contributed by atoms with Gasteiger partial charge in [0.1, 0.15) is 18.1 Å². The normalized spacial score (nSPS) is 9.38. The van der Waals surface area contributed by atoms with E-state index >= 15 is 0 Å². The van der Waals surface area contributed by atoms with Crippen LogP contribution in [-0.2, 0) is 4.74 Å². The van der Waals surface area contributed by atoms with Crippen LogP contribution in [0.3, 0.4) is 0 Å². The quantitative estimate of drug-likeness (QED) is 0.694. The van der Waals surface area contributed by atoms with Crippen LogP contribution in [0.4, 0.5) is 0 Å². The Balaban J connectivity index is 1.89. The predicted octanol–water partition coefficient (Wildman–Crippen LogP) is 2.61. The van der Waals surface area contributed by atoms with Crippen molar-refractivity contribution >= 4 is 5.97 Å². The maximum Gasteiger partial charge on any atom is 0.337 e. The zero-order valence-corrected chi connectivity index (χ0v) is 11.5. The van der Waals surface area contributed by atoms with Crippen LogP contribution in [0.25, 0.3) is 0 Å². The SMILES string of the molecule is COC(=O)c1ccc(OCC#Cc2ccc(O)cc2)cc1. The number of phenols is 1. The van der Waals surface area contributed by atoms with E-state index in [4.69, 9.17) is 9.84 Å². The Hall–Kier alpha value is -2.93. The summed E-state index contributed by atoms with van der Waals surface area (Å²) in [6, 6.07) is 13.3. The lowest BCUT2D eigenvalue weighted by molar-refractivity contribution is 0.0600. The van der Waals surface area contributed by atoms with Gasteiger partial charge in [-0.2, -0.15) is 0 Å². The molecule has 0 aliphatic carbocycles. The summed E-state index contributed by atoms with van der Waals surface area (Å²) < 4.78 is 10.1. The molecule has 106 valence electrons. The van der Waals surface area contributed by atoms with E-state index in [2.05, 4.69) is 16.6 Å². The lowest BCUT2D eigenvalue weighted by Crippen LogP contribution is -2.01. The second-order valence-electron chi connectivity index (χ2n) is 4.15. The molecule has 0 spiro atoms. The summed E-state index contributed by atoms with van der Waals surface area (Å²) >= 11 is 0. The third kappa shape index (κ3) is 4.29. The number of methoxy groups -OCH3 is 1. The number of hydrogen-bond donors (Lipinski definition) is 1. The van der Waals surface area contributed by atoms with E-state index < -0.39 is 0 Å². The molecule has 0 heterocycles. The zero-order valence-electron chi connectivity index (χ0n) is 11.5. The topological polar surface area (TPSA) is 55.8 Å². The Morgan fingerprint density at radius 2 is 1.76 bits per heavy atom. The number of carbonyl (C=O) groups excluding carboxylic acids is 1. The number of carbonyl (C=O) groups is 1. The molecule has 2 aromatic rings. The average Bonchev–Trinajstić information content (AvgIpc) is 2.53. The van der Waals surface area contributed by atoms with Crippen molar-refractivity contribution in [2.45, 2.75) is 0 Å². The first kappa shape index (κ1) is 14.5.